The number of rotatable bonds is 4. The Morgan fingerprint density at radius 1 is 1.20 bits per heavy atom. The van der Waals surface area contributed by atoms with E-state index in [0.29, 0.717) is 17.8 Å². The minimum absolute atomic E-state index is 0.00997. The lowest BCUT2D eigenvalue weighted by Crippen LogP contribution is -2.23. The van der Waals surface area contributed by atoms with E-state index >= 15 is 0 Å². The molecular formula is C15H15BrN2O2. The molecule has 0 atom stereocenters. The van der Waals surface area contributed by atoms with Gasteiger partial charge in [-0.3, -0.25) is 4.79 Å². The van der Waals surface area contributed by atoms with Crippen molar-refractivity contribution in [1.82, 2.24) is 5.32 Å². The lowest BCUT2D eigenvalue weighted by Gasteiger charge is -2.07. The first-order valence-corrected chi connectivity index (χ1v) is 6.91. The molecule has 4 N–H and O–H groups in total. The molecule has 20 heavy (non-hydrogen) atoms. The highest BCUT2D eigenvalue weighted by Gasteiger charge is 2.07. The highest BCUT2D eigenvalue weighted by molar-refractivity contribution is 9.10. The molecule has 2 aromatic carbocycles. The monoisotopic (exact) mass is 334 g/mol. The van der Waals surface area contributed by atoms with E-state index in [0.717, 1.165) is 15.6 Å². The first-order valence-electron chi connectivity index (χ1n) is 6.11. The second kappa shape index (κ2) is 6.54. The van der Waals surface area contributed by atoms with Gasteiger partial charge < -0.3 is 16.2 Å². The van der Waals surface area contributed by atoms with Crippen LogP contribution in [0.5, 0.6) is 0 Å². The Balaban J connectivity index is 2.04. The van der Waals surface area contributed by atoms with Crippen LogP contribution in [-0.4, -0.2) is 11.0 Å². The fourth-order valence-corrected chi connectivity index (χ4v) is 2.38. The fourth-order valence-electron chi connectivity index (χ4n) is 1.87. The number of hydrogen-bond acceptors (Lipinski definition) is 3. The minimum Gasteiger partial charge on any atom is -0.399 e. The third-order valence-electron chi connectivity index (χ3n) is 2.81. The molecule has 1 amide bonds. The Kier molecular flexibility index (Phi) is 4.76. The molecule has 0 aliphatic rings. The number of carbonyl (C=O) groups excluding carboxylic acids is 1. The standard InChI is InChI=1S/C15H15BrN2O2/c16-13-5-12(6-14(17)7-13)15(20)18-8-10-2-1-3-11(4-10)9-19/h1-7,19H,8-9,17H2,(H,18,20). The number of nitrogen functional groups attached to an aromatic ring is 1. The molecule has 104 valence electrons. The number of anilines is 1. The first-order chi connectivity index (χ1) is 9.58. The van der Waals surface area contributed by atoms with Gasteiger partial charge in [0.05, 0.1) is 6.61 Å². The maximum Gasteiger partial charge on any atom is 0.251 e. The van der Waals surface area contributed by atoms with Crippen molar-refractivity contribution in [2.45, 2.75) is 13.2 Å². The van der Waals surface area contributed by atoms with Crippen molar-refractivity contribution in [1.29, 1.82) is 0 Å². The lowest BCUT2D eigenvalue weighted by atomic mass is 10.1. The predicted molar refractivity (Wildman–Crippen MR) is 82.1 cm³/mol. The van der Waals surface area contributed by atoms with E-state index in [9.17, 15) is 4.79 Å². The molecule has 0 unspecified atom stereocenters. The van der Waals surface area contributed by atoms with Crippen LogP contribution in [0.25, 0.3) is 0 Å². The SMILES string of the molecule is Nc1cc(Br)cc(C(=O)NCc2cccc(CO)c2)c1. The van der Waals surface area contributed by atoms with E-state index in [1.54, 1.807) is 18.2 Å². The minimum atomic E-state index is -0.188. The van der Waals surface area contributed by atoms with Crippen molar-refractivity contribution in [2.75, 3.05) is 5.73 Å². The summed E-state index contributed by atoms with van der Waals surface area (Å²) in [6.07, 6.45) is 0. The third-order valence-corrected chi connectivity index (χ3v) is 3.27. The number of nitrogens with one attached hydrogen (secondary N) is 1. The van der Waals surface area contributed by atoms with Crippen LogP contribution in [0.2, 0.25) is 0 Å². The number of hydrogen-bond donors (Lipinski definition) is 3. The van der Waals surface area contributed by atoms with Gasteiger partial charge in [-0.15, -0.1) is 0 Å². The van der Waals surface area contributed by atoms with Gasteiger partial charge in [-0.25, -0.2) is 0 Å². The quantitative estimate of drug-likeness (QED) is 0.752. The van der Waals surface area contributed by atoms with Crippen LogP contribution < -0.4 is 11.1 Å². The number of aliphatic hydroxyl groups excluding tert-OH is 1. The topological polar surface area (TPSA) is 75.4 Å². The highest BCUT2D eigenvalue weighted by Crippen LogP contribution is 2.17. The van der Waals surface area contributed by atoms with Crippen LogP contribution in [-0.2, 0) is 13.2 Å². The first kappa shape index (κ1) is 14.6. The van der Waals surface area contributed by atoms with Gasteiger partial charge in [0.25, 0.3) is 5.91 Å². The molecule has 2 aromatic rings. The van der Waals surface area contributed by atoms with Gasteiger partial charge >= 0.3 is 0 Å². The molecule has 0 spiro atoms. The molecule has 2 rings (SSSR count). The van der Waals surface area contributed by atoms with E-state index in [4.69, 9.17) is 10.8 Å². The molecular weight excluding hydrogens is 320 g/mol. The van der Waals surface area contributed by atoms with Crippen molar-refractivity contribution < 1.29 is 9.90 Å². The van der Waals surface area contributed by atoms with Crippen molar-refractivity contribution in [2.24, 2.45) is 0 Å². The van der Waals surface area contributed by atoms with E-state index in [-0.39, 0.29) is 12.5 Å². The molecule has 0 saturated heterocycles. The van der Waals surface area contributed by atoms with Crippen molar-refractivity contribution in [3.63, 3.8) is 0 Å². The van der Waals surface area contributed by atoms with Gasteiger partial charge in [-0.1, -0.05) is 40.2 Å². The van der Waals surface area contributed by atoms with Gasteiger partial charge in [-0.05, 0) is 29.3 Å². The molecule has 0 radical (unpaired) electrons. The van der Waals surface area contributed by atoms with Gasteiger partial charge in [0.1, 0.15) is 0 Å². The number of amides is 1. The van der Waals surface area contributed by atoms with Gasteiger partial charge in [0, 0.05) is 22.3 Å². The summed E-state index contributed by atoms with van der Waals surface area (Å²) in [5, 5.41) is 11.9. The summed E-state index contributed by atoms with van der Waals surface area (Å²) in [5.74, 6) is -0.188. The summed E-state index contributed by atoms with van der Waals surface area (Å²) in [5.41, 5.74) is 8.51. The number of carbonyl (C=O) groups is 1. The number of benzene rings is 2. The molecule has 0 heterocycles. The van der Waals surface area contributed by atoms with E-state index in [1.165, 1.54) is 0 Å². The summed E-state index contributed by atoms with van der Waals surface area (Å²) >= 11 is 3.31. The Labute approximate surface area is 125 Å². The van der Waals surface area contributed by atoms with Crippen molar-refractivity contribution in [3.8, 4) is 0 Å². The fraction of sp³-hybridized carbons (Fsp3) is 0.133. The average Bonchev–Trinajstić information content (AvgIpc) is 2.44. The zero-order chi connectivity index (χ0) is 14.5. The van der Waals surface area contributed by atoms with E-state index in [2.05, 4.69) is 21.2 Å². The maximum atomic E-state index is 12.0. The molecule has 0 aliphatic carbocycles. The Morgan fingerprint density at radius 2 is 1.95 bits per heavy atom. The average molecular weight is 335 g/mol. The second-order valence-corrected chi connectivity index (χ2v) is 5.35. The summed E-state index contributed by atoms with van der Waals surface area (Å²) < 4.78 is 0.768. The second-order valence-electron chi connectivity index (χ2n) is 4.43. The van der Waals surface area contributed by atoms with E-state index in [1.807, 2.05) is 24.3 Å². The number of halogens is 1. The molecule has 0 aromatic heterocycles. The molecule has 4 nitrogen and oxygen atoms in total. The largest absolute Gasteiger partial charge is 0.399 e. The molecule has 5 heteroatoms. The predicted octanol–water partition coefficient (Wildman–Crippen LogP) is 2.45. The molecule has 0 bridgehead atoms. The Hall–Kier alpha value is -1.85. The zero-order valence-corrected chi connectivity index (χ0v) is 12.4. The summed E-state index contributed by atoms with van der Waals surface area (Å²) in [6.45, 7) is 0.392. The van der Waals surface area contributed by atoms with Crippen LogP contribution >= 0.6 is 15.9 Å². The van der Waals surface area contributed by atoms with Gasteiger partial charge in [0.2, 0.25) is 0 Å². The van der Waals surface area contributed by atoms with Crippen LogP contribution in [0.4, 0.5) is 5.69 Å². The molecule has 0 aliphatic heterocycles. The highest BCUT2D eigenvalue weighted by atomic mass is 79.9. The van der Waals surface area contributed by atoms with Crippen LogP contribution in [0.1, 0.15) is 21.5 Å². The lowest BCUT2D eigenvalue weighted by molar-refractivity contribution is 0.0951. The van der Waals surface area contributed by atoms with Crippen LogP contribution in [0.15, 0.2) is 46.9 Å². The molecule has 0 fully saturated rings. The molecule has 0 saturated carbocycles. The van der Waals surface area contributed by atoms with Gasteiger partial charge in [0.15, 0.2) is 0 Å². The normalized spacial score (nSPS) is 10.3. The van der Waals surface area contributed by atoms with Crippen LogP contribution in [0, 0.1) is 0 Å². The van der Waals surface area contributed by atoms with Crippen molar-refractivity contribution >= 4 is 27.5 Å². The smallest absolute Gasteiger partial charge is 0.251 e. The number of aliphatic hydroxyl groups is 1. The Morgan fingerprint density at radius 3 is 2.65 bits per heavy atom. The Bertz CT molecular complexity index is 609. The maximum absolute atomic E-state index is 12.0. The zero-order valence-electron chi connectivity index (χ0n) is 10.8. The number of nitrogens with two attached hydrogens (primary N) is 1. The van der Waals surface area contributed by atoms with Crippen molar-refractivity contribution in [3.05, 3.63) is 63.6 Å². The summed E-state index contributed by atoms with van der Waals surface area (Å²) in [4.78, 5) is 12.0. The summed E-state index contributed by atoms with van der Waals surface area (Å²) in [7, 11) is 0. The van der Waals surface area contributed by atoms with Gasteiger partial charge in [-0.2, -0.15) is 0 Å². The third kappa shape index (κ3) is 3.82. The van der Waals surface area contributed by atoms with E-state index < -0.39 is 0 Å². The summed E-state index contributed by atoms with van der Waals surface area (Å²) in [6, 6.07) is 12.5. The van der Waals surface area contributed by atoms with Crippen LogP contribution in [0.3, 0.4) is 0 Å².